The smallest absolute Gasteiger partial charge is 0.161 e. The lowest BCUT2D eigenvalue weighted by molar-refractivity contribution is -0.162. The lowest BCUT2D eigenvalue weighted by Crippen LogP contribution is -2.22. The first-order chi connectivity index (χ1) is 13.3. The highest BCUT2D eigenvalue weighted by Crippen LogP contribution is 2.32. The van der Waals surface area contributed by atoms with Gasteiger partial charge in [-0.3, -0.25) is 0 Å². The SMILES string of the molecule is COc1ccc(CC#CCCCOC2CCCCO2)cc1OC1CCCC1. The Morgan fingerprint density at radius 3 is 2.67 bits per heavy atom. The van der Waals surface area contributed by atoms with Crippen molar-refractivity contribution in [2.45, 2.75) is 76.6 Å². The zero-order chi connectivity index (χ0) is 18.7. The molecular weight excluding hydrogens is 340 g/mol. The minimum atomic E-state index is 0.00398. The average molecular weight is 373 g/mol. The maximum atomic E-state index is 6.15. The quantitative estimate of drug-likeness (QED) is 0.481. The van der Waals surface area contributed by atoms with E-state index in [1.165, 1.54) is 24.8 Å². The van der Waals surface area contributed by atoms with Crippen LogP contribution in [0.1, 0.15) is 63.4 Å². The van der Waals surface area contributed by atoms with Crippen LogP contribution in [0.3, 0.4) is 0 Å². The van der Waals surface area contributed by atoms with Gasteiger partial charge in [-0.1, -0.05) is 12.0 Å². The Kier molecular flexibility index (Phi) is 8.32. The van der Waals surface area contributed by atoms with Crippen LogP contribution in [0.5, 0.6) is 11.5 Å². The van der Waals surface area contributed by atoms with E-state index in [0.29, 0.717) is 6.10 Å². The average Bonchev–Trinajstić information content (AvgIpc) is 3.21. The molecule has 0 spiro atoms. The maximum absolute atomic E-state index is 6.15. The molecular formula is C23H32O4. The van der Waals surface area contributed by atoms with Crippen molar-refractivity contribution in [1.29, 1.82) is 0 Å². The molecule has 0 aromatic heterocycles. The summed E-state index contributed by atoms with van der Waals surface area (Å²) >= 11 is 0. The molecule has 1 aliphatic carbocycles. The Balaban J connectivity index is 1.40. The molecule has 0 N–H and O–H groups in total. The molecule has 0 radical (unpaired) electrons. The maximum Gasteiger partial charge on any atom is 0.161 e. The highest BCUT2D eigenvalue weighted by atomic mass is 16.7. The molecule has 1 aromatic rings. The third-order valence-corrected chi connectivity index (χ3v) is 5.13. The summed E-state index contributed by atoms with van der Waals surface area (Å²) in [7, 11) is 1.69. The summed E-state index contributed by atoms with van der Waals surface area (Å²) in [5, 5.41) is 0. The van der Waals surface area contributed by atoms with Crippen molar-refractivity contribution in [3.05, 3.63) is 23.8 Å². The van der Waals surface area contributed by atoms with Crippen LogP contribution >= 0.6 is 0 Å². The van der Waals surface area contributed by atoms with Gasteiger partial charge in [0.25, 0.3) is 0 Å². The van der Waals surface area contributed by atoms with Crippen molar-refractivity contribution in [2.24, 2.45) is 0 Å². The molecule has 4 heteroatoms. The van der Waals surface area contributed by atoms with Crippen molar-refractivity contribution in [3.63, 3.8) is 0 Å². The molecule has 1 unspecified atom stereocenters. The summed E-state index contributed by atoms with van der Waals surface area (Å²) in [6, 6.07) is 6.13. The number of hydrogen-bond acceptors (Lipinski definition) is 4. The summed E-state index contributed by atoms with van der Waals surface area (Å²) in [5.41, 5.74) is 1.17. The molecule has 1 saturated heterocycles. The van der Waals surface area contributed by atoms with Crippen LogP contribution in [-0.2, 0) is 15.9 Å². The Labute approximate surface area is 163 Å². The van der Waals surface area contributed by atoms with Crippen molar-refractivity contribution < 1.29 is 18.9 Å². The van der Waals surface area contributed by atoms with Crippen LogP contribution in [0, 0.1) is 11.8 Å². The van der Waals surface area contributed by atoms with Crippen LogP contribution < -0.4 is 9.47 Å². The number of unbranched alkanes of at least 4 members (excludes halogenated alkanes) is 1. The van der Waals surface area contributed by atoms with E-state index in [2.05, 4.69) is 24.0 Å². The minimum Gasteiger partial charge on any atom is -0.493 e. The summed E-state index contributed by atoms with van der Waals surface area (Å²) < 4.78 is 22.9. The largest absolute Gasteiger partial charge is 0.493 e. The Hall–Kier alpha value is -1.70. The van der Waals surface area contributed by atoms with E-state index < -0.39 is 0 Å². The molecule has 2 aliphatic rings. The molecule has 1 atom stereocenters. The zero-order valence-electron chi connectivity index (χ0n) is 16.5. The van der Waals surface area contributed by atoms with Crippen LogP contribution in [0.25, 0.3) is 0 Å². The van der Waals surface area contributed by atoms with Crippen LogP contribution in [0.4, 0.5) is 0 Å². The Bertz CT molecular complexity index is 619. The summed E-state index contributed by atoms with van der Waals surface area (Å²) in [6.45, 7) is 1.56. The second-order valence-electron chi connectivity index (χ2n) is 7.31. The number of ether oxygens (including phenoxy) is 4. The van der Waals surface area contributed by atoms with E-state index in [0.717, 1.165) is 69.7 Å². The summed E-state index contributed by atoms with van der Waals surface area (Å²) in [4.78, 5) is 0. The predicted octanol–water partition coefficient (Wildman–Crippen LogP) is 4.89. The van der Waals surface area contributed by atoms with Crippen LogP contribution in [0.2, 0.25) is 0 Å². The highest BCUT2D eigenvalue weighted by molar-refractivity contribution is 5.44. The number of benzene rings is 1. The molecule has 1 saturated carbocycles. The third-order valence-electron chi connectivity index (χ3n) is 5.13. The fourth-order valence-corrected chi connectivity index (χ4v) is 3.58. The Morgan fingerprint density at radius 2 is 1.89 bits per heavy atom. The van der Waals surface area contributed by atoms with Gasteiger partial charge in [0.15, 0.2) is 17.8 Å². The fraction of sp³-hybridized carbons (Fsp3) is 0.652. The molecule has 148 valence electrons. The molecule has 4 nitrogen and oxygen atoms in total. The van der Waals surface area contributed by atoms with Gasteiger partial charge in [-0.2, -0.15) is 0 Å². The lowest BCUT2D eigenvalue weighted by atomic mass is 10.1. The second-order valence-corrected chi connectivity index (χ2v) is 7.31. The van der Waals surface area contributed by atoms with Gasteiger partial charge in [-0.05, 0) is 69.1 Å². The molecule has 1 aliphatic heterocycles. The van der Waals surface area contributed by atoms with Crippen LogP contribution in [-0.4, -0.2) is 32.7 Å². The molecule has 2 fully saturated rings. The van der Waals surface area contributed by atoms with Crippen molar-refractivity contribution in [2.75, 3.05) is 20.3 Å². The third kappa shape index (κ3) is 6.75. The lowest BCUT2D eigenvalue weighted by Gasteiger charge is -2.22. The van der Waals surface area contributed by atoms with Gasteiger partial charge < -0.3 is 18.9 Å². The normalized spacial score (nSPS) is 20.1. The Morgan fingerprint density at radius 1 is 1.04 bits per heavy atom. The highest BCUT2D eigenvalue weighted by Gasteiger charge is 2.18. The van der Waals surface area contributed by atoms with Crippen molar-refractivity contribution in [1.82, 2.24) is 0 Å². The number of methoxy groups -OCH3 is 1. The van der Waals surface area contributed by atoms with Crippen molar-refractivity contribution >= 4 is 0 Å². The van der Waals surface area contributed by atoms with E-state index in [9.17, 15) is 0 Å². The minimum absolute atomic E-state index is 0.00398. The van der Waals surface area contributed by atoms with Gasteiger partial charge in [0.05, 0.1) is 19.8 Å². The first-order valence-electron chi connectivity index (χ1n) is 10.4. The molecule has 0 bridgehead atoms. The van der Waals surface area contributed by atoms with Crippen LogP contribution in [0.15, 0.2) is 18.2 Å². The molecule has 27 heavy (non-hydrogen) atoms. The first-order valence-corrected chi connectivity index (χ1v) is 10.4. The fourth-order valence-electron chi connectivity index (χ4n) is 3.58. The van der Waals surface area contributed by atoms with Gasteiger partial charge in [-0.15, -0.1) is 5.92 Å². The van der Waals surface area contributed by atoms with E-state index in [4.69, 9.17) is 18.9 Å². The van der Waals surface area contributed by atoms with Crippen molar-refractivity contribution in [3.8, 4) is 23.3 Å². The van der Waals surface area contributed by atoms with E-state index in [1.807, 2.05) is 6.07 Å². The first kappa shape index (κ1) is 20.0. The summed E-state index contributed by atoms with van der Waals surface area (Å²) in [5.74, 6) is 8.17. The predicted molar refractivity (Wildman–Crippen MR) is 106 cm³/mol. The molecule has 1 heterocycles. The second kappa shape index (κ2) is 11.2. The van der Waals surface area contributed by atoms with E-state index in [1.54, 1.807) is 7.11 Å². The van der Waals surface area contributed by atoms with Gasteiger partial charge in [0, 0.05) is 19.4 Å². The van der Waals surface area contributed by atoms with Gasteiger partial charge in [0.1, 0.15) is 0 Å². The molecule has 3 rings (SSSR count). The van der Waals surface area contributed by atoms with Gasteiger partial charge in [-0.25, -0.2) is 0 Å². The monoisotopic (exact) mass is 372 g/mol. The molecule has 1 aromatic carbocycles. The standard InChI is InChI=1S/C23H32O4/c1-24-21-15-14-19(18-22(21)27-20-11-5-6-12-20)10-4-2-3-8-16-25-23-13-7-9-17-26-23/h14-15,18,20,23H,3,5-13,16-17H2,1H3. The van der Waals surface area contributed by atoms with Gasteiger partial charge >= 0.3 is 0 Å². The molecule has 0 amide bonds. The number of hydrogen-bond donors (Lipinski definition) is 0. The number of rotatable bonds is 8. The zero-order valence-corrected chi connectivity index (χ0v) is 16.5. The topological polar surface area (TPSA) is 36.9 Å². The van der Waals surface area contributed by atoms with E-state index in [-0.39, 0.29) is 6.29 Å². The van der Waals surface area contributed by atoms with Gasteiger partial charge in [0.2, 0.25) is 0 Å². The summed E-state index contributed by atoms with van der Waals surface area (Å²) in [6.07, 6.45) is 11.1. The van der Waals surface area contributed by atoms with E-state index >= 15 is 0 Å².